The first kappa shape index (κ1) is 13.9. The quantitative estimate of drug-likeness (QED) is 0.848. The van der Waals surface area contributed by atoms with E-state index < -0.39 is 0 Å². The topological polar surface area (TPSA) is 55.6 Å². The number of nitrogens with zero attached hydrogens (tertiary/aromatic N) is 1. The molecule has 1 unspecified atom stereocenters. The second-order valence-electron chi connectivity index (χ2n) is 4.96. The molecule has 104 valence electrons. The number of benzene rings is 1. The molecule has 19 heavy (non-hydrogen) atoms. The van der Waals surface area contributed by atoms with Gasteiger partial charge in [0, 0.05) is 13.2 Å². The first-order valence-corrected chi connectivity index (χ1v) is 6.97. The normalized spacial score (nSPS) is 19.1. The molecule has 0 saturated carbocycles. The number of para-hydroxylation sites is 2. The molecular weight excluding hydrogens is 240 g/mol. The molecule has 1 amide bonds. The van der Waals surface area contributed by atoms with Gasteiger partial charge in [-0.1, -0.05) is 19.1 Å². The highest BCUT2D eigenvalue weighted by Crippen LogP contribution is 2.26. The fraction of sp³-hybridized carbons (Fsp3) is 0.533. The zero-order chi connectivity index (χ0) is 13.7. The molecule has 1 saturated heterocycles. The molecule has 0 aromatic heterocycles. The Morgan fingerprint density at radius 3 is 2.89 bits per heavy atom. The number of carbonyl (C=O) groups is 1. The molecule has 1 fully saturated rings. The zero-order valence-corrected chi connectivity index (χ0v) is 11.5. The van der Waals surface area contributed by atoms with Crippen LogP contribution in [0.25, 0.3) is 0 Å². The van der Waals surface area contributed by atoms with Gasteiger partial charge >= 0.3 is 0 Å². The Bertz CT molecular complexity index is 428. The number of hydrogen-bond donors (Lipinski definition) is 1. The Morgan fingerprint density at radius 2 is 2.26 bits per heavy atom. The van der Waals surface area contributed by atoms with Crippen molar-refractivity contribution in [2.24, 2.45) is 5.92 Å². The van der Waals surface area contributed by atoms with Crippen LogP contribution in [-0.4, -0.2) is 25.7 Å². The van der Waals surface area contributed by atoms with Gasteiger partial charge in [-0.25, -0.2) is 0 Å². The molecule has 0 spiro atoms. The van der Waals surface area contributed by atoms with Crippen LogP contribution in [0.2, 0.25) is 0 Å². The highest BCUT2D eigenvalue weighted by Gasteiger charge is 2.27. The number of carbonyl (C=O) groups excluding carboxylic acids is 1. The Hall–Kier alpha value is -1.55. The van der Waals surface area contributed by atoms with Gasteiger partial charge in [-0.3, -0.25) is 4.79 Å². The molecule has 0 radical (unpaired) electrons. The monoisotopic (exact) mass is 262 g/mol. The van der Waals surface area contributed by atoms with Gasteiger partial charge in [0.2, 0.25) is 5.91 Å². The lowest BCUT2D eigenvalue weighted by molar-refractivity contribution is -0.126. The average Bonchev–Trinajstić information content (AvgIpc) is 2.46. The predicted molar refractivity (Wildman–Crippen MR) is 77.0 cm³/mol. The fourth-order valence-corrected chi connectivity index (χ4v) is 2.46. The minimum Gasteiger partial charge on any atom is -0.397 e. The van der Waals surface area contributed by atoms with Crippen molar-refractivity contribution in [1.82, 2.24) is 0 Å². The van der Waals surface area contributed by atoms with E-state index in [9.17, 15) is 4.79 Å². The van der Waals surface area contributed by atoms with Crippen molar-refractivity contribution >= 4 is 17.3 Å². The summed E-state index contributed by atoms with van der Waals surface area (Å²) in [5.41, 5.74) is 7.47. The third-order valence-electron chi connectivity index (χ3n) is 3.45. The van der Waals surface area contributed by atoms with Crippen LogP contribution in [-0.2, 0) is 9.53 Å². The number of hydrogen-bond acceptors (Lipinski definition) is 3. The summed E-state index contributed by atoms with van der Waals surface area (Å²) < 4.78 is 5.42. The van der Waals surface area contributed by atoms with Gasteiger partial charge in [-0.2, -0.15) is 0 Å². The van der Waals surface area contributed by atoms with Gasteiger partial charge in [0.15, 0.2) is 0 Å². The van der Waals surface area contributed by atoms with Gasteiger partial charge in [-0.15, -0.1) is 0 Å². The largest absolute Gasteiger partial charge is 0.397 e. The minimum absolute atomic E-state index is 0.0279. The van der Waals surface area contributed by atoms with Gasteiger partial charge in [0.05, 0.1) is 23.9 Å². The van der Waals surface area contributed by atoms with Crippen molar-refractivity contribution < 1.29 is 9.53 Å². The third-order valence-corrected chi connectivity index (χ3v) is 3.45. The first-order valence-electron chi connectivity index (χ1n) is 6.97. The van der Waals surface area contributed by atoms with Crippen LogP contribution in [0.3, 0.4) is 0 Å². The van der Waals surface area contributed by atoms with E-state index in [1.165, 1.54) is 0 Å². The molecule has 4 nitrogen and oxygen atoms in total. The molecule has 1 atom stereocenters. The maximum absolute atomic E-state index is 12.6. The van der Waals surface area contributed by atoms with E-state index in [4.69, 9.17) is 10.5 Å². The minimum atomic E-state index is -0.0279. The van der Waals surface area contributed by atoms with Gasteiger partial charge in [0.1, 0.15) is 0 Å². The summed E-state index contributed by atoms with van der Waals surface area (Å²) in [7, 11) is 0. The van der Waals surface area contributed by atoms with E-state index in [1.54, 1.807) is 0 Å². The second kappa shape index (κ2) is 6.57. The maximum atomic E-state index is 12.6. The first-order chi connectivity index (χ1) is 9.24. The van der Waals surface area contributed by atoms with Crippen LogP contribution in [0, 0.1) is 5.92 Å². The Kier molecular flexibility index (Phi) is 4.80. The maximum Gasteiger partial charge on any atom is 0.232 e. The van der Waals surface area contributed by atoms with Crippen LogP contribution in [0.15, 0.2) is 24.3 Å². The van der Waals surface area contributed by atoms with Crippen LogP contribution >= 0.6 is 0 Å². The summed E-state index contributed by atoms with van der Waals surface area (Å²) in [6.45, 7) is 4.07. The van der Waals surface area contributed by atoms with Crippen molar-refractivity contribution in [1.29, 1.82) is 0 Å². The molecule has 1 heterocycles. The summed E-state index contributed by atoms with van der Waals surface area (Å²) in [6, 6.07) is 7.55. The van der Waals surface area contributed by atoms with E-state index in [1.807, 2.05) is 29.2 Å². The molecule has 1 aromatic rings. The average molecular weight is 262 g/mol. The van der Waals surface area contributed by atoms with Crippen molar-refractivity contribution in [2.75, 3.05) is 30.4 Å². The molecule has 0 aliphatic carbocycles. The van der Waals surface area contributed by atoms with E-state index in [0.717, 1.165) is 31.6 Å². The highest BCUT2D eigenvalue weighted by molar-refractivity contribution is 5.97. The SMILES string of the molecule is CCCN(C(=O)C1CCCOC1)c1ccccc1N. The van der Waals surface area contributed by atoms with Crippen LogP contribution in [0.4, 0.5) is 11.4 Å². The summed E-state index contributed by atoms with van der Waals surface area (Å²) >= 11 is 0. The summed E-state index contributed by atoms with van der Waals surface area (Å²) in [5.74, 6) is 0.111. The lowest BCUT2D eigenvalue weighted by Crippen LogP contribution is -2.40. The van der Waals surface area contributed by atoms with Crippen molar-refractivity contribution in [3.63, 3.8) is 0 Å². The van der Waals surface area contributed by atoms with Gasteiger partial charge in [-0.05, 0) is 31.4 Å². The van der Waals surface area contributed by atoms with Crippen molar-refractivity contribution in [2.45, 2.75) is 26.2 Å². The second-order valence-corrected chi connectivity index (χ2v) is 4.96. The smallest absolute Gasteiger partial charge is 0.232 e. The molecule has 1 aromatic carbocycles. The molecule has 2 N–H and O–H groups in total. The molecule has 1 aliphatic heterocycles. The summed E-state index contributed by atoms with van der Waals surface area (Å²) in [4.78, 5) is 14.4. The summed E-state index contributed by atoms with van der Waals surface area (Å²) in [6.07, 6.45) is 2.78. The lowest BCUT2D eigenvalue weighted by atomic mass is 10.00. The highest BCUT2D eigenvalue weighted by atomic mass is 16.5. The molecule has 1 aliphatic rings. The molecule has 2 rings (SSSR count). The Labute approximate surface area is 114 Å². The molecular formula is C15H22N2O2. The predicted octanol–water partition coefficient (Wildman–Crippen LogP) is 2.44. The fourth-order valence-electron chi connectivity index (χ4n) is 2.46. The van der Waals surface area contributed by atoms with Crippen molar-refractivity contribution in [3.05, 3.63) is 24.3 Å². The van der Waals surface area contributed by atoms with Gasteiger partial charge in [0.25, 0.3) is 0 Å². The Morgan fingerprint density at radius 1 is 1.47 bits per heavy atom. The number of rotatable bonds is 4. The van der Waals surface area contributed by atoms with Crippen molar-refractivity contribution in [3.8, 4) is 0 Å². The Balaban J connectivity index is 2.19. The number of amides is 1. The molecule has 4 heteroatoms. The number of ether oxygens (including phenoxy) is 1. The standard InChI is InChI=1S/C15H22N2O2/c1-2-9-17(14-8-4-3-7-13(14)16)15(18)12-6-5-10-19-11-12/h3-4,7-8,12H,2,5-6,9-11,16H2,1H3. The van der Waals surface area contributed by atoms with Crippen LogP contribution in [0.1, 0.15) is 26.2 Å². The number of nitrogen functional groups attached to an aromatic ring is 1. The third kappa shape index (κ3) is 3.26. The molecule has 0 bridgehead atoms. The zero-order valence-electron chi connectivity index (χ0n) is 11.5. The summed E-state index contributed by atoms with van der Waals surface area (Å²) in [5, 5.41) is 0. The van der Waals surface area contributed by atoms with Crippen LogP contribution in [0.5, 0.6) is 0 Å². The van der Waals surface area contributed by atoms with E-state index >= 15 is 0 Å². The van der Waals surface area contributed by atoms with E-state index in [0.29, 0.717) is 18.8 Å². The lowest BCUT2D eigenvalue weighted by Gasteiger charge is -2.30. The van der Waals surface area contributed by atoms with E-state index in [2.05, 4.69) is 6.92 Å². The van der Waals surface area contributed by atoms with Gasteiger partial charge < -0.3 is 15.4 Å². The number of nitrogens with two attached hydrogens (primary N) is 1. The van der Waals surface area contributed by atoms with E-state index in [-0.39, 0.29) is 11.8 Å². The van der Waals surface area contributed by atoms with Crippen LogP contribution < -0.4 is 10.6 Å². The number of anilines is 2.